The van der Waals surface area contributed by atoms with Gasteiger partial charge in [0.2, 0.25) is 10.0 Å². The van der Waals surface area contributed by atoms with Crippen LogP contribution in [0.2, 0.25) is 0 Å². The summed E-state index contributed by atoms with van der Waals surface area (Å²) in [5.74, 6) is 0.276. The van der Waals surface area contributed by atoms with Gasteiger partial charge >= 0.3 is 0 Å². The molecular weight excluding hydrogens is 438 g/mol. The van der Waals surface area contributed by atoms with Gasteiger partial charge in [-0.1, -0.05) is 0 Å². The zero-order valence-electron chi connectivity index (χ0n) is 17.3. The molecule has 8 nitrogen and oxygen atoms in total. The fourth-order valence-electron chi connectivity index (χ4n) is 4.30. The number of alkyl halides is 1. The Bertz CT molecular complexity index is 1210. The van der Waals surface area contributed by atoms with Crippen LogP contribution in [0.15, 0.2) is 30.7 Å². The number of aryl methyl sites for hydroxylation is 1. The van der Waals surface area contributed by atoms with Gasteiger partial charge in [0.05, 0.1) is 29.6 Å². The molecule has 2 aromatic heterocycles. The summed E-state index contributed by atoms with van der Waals surface area (Å²) in [6.07, 6.45) is 7.03. The normalized spacial score (nSPS) is 16.2. The van der Waals surface area contributed by atoms with E-state index in [0.29, 0.717) is 36.6 Å². The van der Waals surface area contributed by atoms with Crippen LogP contribution in [-0.2, 0) is 16.6 Å². The molecule has 4 rings (SSSR count). The Balaban J connectivity index is 1.71. The monoisotopic (exact) mass is 463 g/mol. The zero-order chi connectivity index (χ0) is 22.2. The van der Waals surface area contributed by atoms with E-state index >= 15 is 0 Å². The minimum Gasteiger partial charge on any atom is -0.366 e. The van der Waals surface area contributed by atoms with E-state index in [4.69, 9.17) is 17.3 Å². The first-order chi connectivity index (χ1) is 14.8. The van der Waals surface area contributed by atoms with Crippen LogP contribution < -0.4 is 5.73 Å². The van der Waals surface area contributed by atoms with E-state index in [1.807, 2.05) is 18.5 Å². The van der Waals surface area contributed by atoms with E-state index in [1.54, 1.807) is 28.2 Å². The standard InChI is InChI=1S/C21H26ClN5O3S/c1-2-31(29,30)27-6-3-14(4-7-27)19-12-24-20-17(19)9-15(10-18(20)21(23)28)16-11-25-26(13-16)8-5-22/h9-14,24H,2-8H2,1H3,(H2,23,28). The molecule has 10 heteroatoms. The van der Waals surface area contributed by atoms with Crippen molar-refractivity contribution in [1.82, 2.24) is 19.1 Å². The van der Waals surface area contributed by atoms with Gasteiger partial charge in [0.15, 0.2) is 0 Å². The number of hydrogen-bond donors (Lipinski definition) is 2. The van der Waals surface area contributed by atoms with Crippen LogP contribution in [0.1, 0.15) is 41.6 Å². The van der Waals surface area contributed by atoms with Crippen molar-refractivity contribution in [1.29, 1.82) is 0 Å². The maximum Gasteiger partial charge on any atom is 0.250 e. The Morgan fingerprint density at radius 3 is 2.68 bits per heavy atom. The predicted molar refractivity (Wildman–Crippen MR) is 122 cm³/mol. The second kappa shape index (κ2) is 8.64. The van der Waals surface area contributed by atoms with E-state index < -0.39 is 15.9 Å². The Morgan fingerprint density at radius 1 is 1.29 bits per heavy atom. The summed E-state index contributed by atoms with van der Waals surface area (Å²) in [5, 5.41) is 5.26. The van der Waals surface area contributed by atoms with Crippen LogP contribution in [-0.4, -0.2) is 58.1 Å². The predicted octanol–water partition coefficient (Wildman–Crippen LogP) is 2.90. The van der Waals surface area contributed by atoms with Crippen molar-refractivity contribution < 1.29 is 13.2 Å². The third kappa shape index (κ3) is 4.22. The number of nitrogens with zero attached hydrogens (tertiary/aromatic N) is 3. The molecule has 166 valence electrons. The molecule has 31 heavy (non-hydrogen) atoms. The van der Waals surface area contributed by atoms with Crippen molar-refractivity contribution in [3.8, 4) is 11.1 Å². The largest absolute Gasteiger partial charge is 0.366 e. The summed E-state index contributed by atoms with van der Waals surface area (Å²) in [4.78, 5) is 15.4. The van der Waals surface area contributed by atoms with E-state index in [1.165, 1.54) is 0 Å². The van der Waals surface area contributed by atoms with E-state index in [-0.39, 0.29) is 11.7 Å². The van der Waals surface area contributed by atoms with E-state index in [0.717, 1.165) is 34.9 Å². The molecule has 1 amide bonds. The average molecular weight is 464 g/mol. The van der Waals surface area contributed by atoms with Crippen LogP contribution in [0.4, 0.5) is 0 Å². The Morgan fingerprint density at radius 2 is 2.03 bits per heavy atom. The number of nitrogens with one attached hydrogen (secondary N) is 1. The molecule has 1 fully saturated rings. The summed E-state index contributed by atoms with van der Waals surface area (Å²) >= 11 is 5.81. The molecule has 1 aromatic carbocycles. The second-order valence-electron chi connectivity index (χ2n) is 7.81. The molecule has 0 bridgehead atoms. The highest BCUT2D eigenvalue weighted by atomic mass is 35.5. The van der Waals surface area contributed by atoms with Crippen molar-refractivity contribution in [3.05, 3.63) is 41.9 Å². The molecule has 0 saturated carbocycles. The molecule has 0 unspecified atom stereocenters. The Hall–Kier alpha value is -2.36. The van der Waals surface area contributed by atoms with Crippen LogP contribution in [0, 0.1) is 0 Å². The van der Waals surface area contributed by atoms with Crippen molar-refractivity contribution in [2.24, 2.45) is 5.73 Å². The van der Waals surface area contributed by atoms with Gasteiger partial charge in [-0.25, -0.2) is 12.7 Å². The molecule has 1 aliphatic rings. The summed E-state index contributed by atoms with van der Waals surface area (Å²) < 4.78 is 27.7. The smallest absolute Gasteiger partial charge is 0.250 e. The fraction of sp³-hybridized carbons (Fsp3) is 0.429. The lowest BCUT2D eigenvalue weighted by molar-refractivity contribution is 0.100. The van der Waals surface area contributed by atoms with Crippen molar-refractivity contribution >= 4 is 38.4 Å². The first-order valence-electron chi connectivity index (χ1n) is 10.4. The highest BCUT2D eigenvalue weighted by Crippen LogP contribution is 2.37. The van der Waals surface area contributed by atoms with Gasteiger partial charge < -0.3 is 10.7 Å². The molecular formula is C21H26ClN5O3S. The van der Waals surface area contributed by atoms with Crippen molar-refractivity contribution in [2.45, 2.75) is 32.2 Å². The number of hydrogen-bond acceptors (Lipinski definition) is 4. The topological polar surface area (TPSA) is 114 Å². The van der Waals surface area contributed by atoms with E-state index in [2.05, 4.69) is 10.1 Å². The fourth-order valence-corrected chi connectivity index (χ4v) is 5.61. The summed E-state index contributed by atoms with van der Waals surface area (Å²) in [5.41, 5.74) is 9.64. The van der Waals surface area contributed by atoms with Crippen molar-refractivity contribution in [2.75, 3.05) is 24.7 Å². The maximum atomic E-state index is 12.2. The summed E-state index contributed by atoms with van der Waals surface area (Å²) in [6.45, 7) is 3.27. The number of H-pyrrole nitrogens is 1. The molecule has 0 aliphatic carbocycles. The van der Waals surface area contributed by atoms with Gasteiger partial charge in [0.25, 0.3) is 5.91 Å². The number of rotatable bonds is 7. The molecule has 0 atom stereocenters. The number of carbonyl (C=O) groups is 1. The molecule has 1 aliphatic heterocycles. The van der Waals surface area contributed by atoms with E-state index in [9.17, 15) is 13.2 Å². The molecule has 3 aromatic rings. The van der Waals surface area contributed by atoms with Crippen molar-refractivity contribution in [3.63, 3.8) is 0 Å². The van der Waals surface area contributed by atoms with Crippen LogP contribution >= 0.6 is 11.6 Å². The number of halogens is 1. The minimum atomic E-state index is -3.17. The van der Waals surface area contributed by atoms with Gasteiger partial charge in [0.1, 0.15) is 0 Å². The average Bonchev–Trinajstić information content (AvgIpc) is 3.40. The number of benzene rings is 1. The van der Waals surface area contributed by atoms with Crippen LogP contribution in [0.5, 0.6) is 0 Å². The number of carbonyl (C=O) groups excluding carboxylic acids is 1. The van der Waals surface area contributed by atoms with Crippen LogP contribution in [0.3, 0.4) is 0 Å². The SMILES string of the molecule is CCS(=O)(=O)N1CCC(c2c[nH]c3c(C(N)=O)cc(-c4cnn(CCCl)c4)cc23)CC1. The van der Waals surface area contributed by atoms with Gasteiger partial charge in [0, 0.05) is 42.3 Å². The zero-order valence-corrected chi connectivity index (χ0v) is 18.9. The van der Waals surface area contributed by atoms with Gasteiger partial charge in [-0.2, -0.15) is 5.10 Å². The molecule has 0 radical (unpaired) electrons. The quantitative estimate of drug-likeness (QED) is 0.524. The van der Waals surface area contributed by atoms with Crippen LogP contribution in [0.25, 0.3) is 22.0 Å². The van der Waals surface area contributed by atoms with Gasteiger partial charge in [-0.15, -0.1) is 11.6 Å². The molecule has 3 heterocycles. The number of fused-ring (bicyclic) bond motifs is 1. The number of aromatic nitrogens is 3. The number of sulfonamides is 1. The molecule has 1 saturated heterocycles. The third-order valence-corrected chi connectivity index (χ3v) is 8.07. The number of aromatic amines is 1. The minimum absolute atomic E-state index is 0.119. The lowest BCUT2D eigenvalue weighted by Gasteiger charge is -2.31. The summed E-state index contributed by atoms with van der Waals surface area (Å²) in [6, 6.07) is 3.83. The number of primary amides is 1. The highest BCUT2D eigenvalue weighted by molar-refractivity contribution is 7.89. The Labute approximate surface area is 186 Å². The van der Waals surface area contributed by atoms with Gasteiger partial charge in [-0.3, -0.25) is 9.48 Å². The second-order valence-corrected chi connectivity index (χ2v) is 10.4. The molecule has 3 N–H and O–H groups in total. The highest BCUT2D eigenvalue weighted by Gasteiger charge is 2.29. The first kappa shape index (κ1) is 21.9. The first-order valence-corrected chi connectivity index (χ1v) is 12.5. The third-order valence-electron chi connectivity index (χ3n) is 6.02. The number of amides is 1. The lowest BCUT2D eigenvalue weighted by Crippen LogP contribution is -2.38. The Kier molecular flexibility index (Phi) is 6.09. The maximum absolute atomic E-state index is 12.2. The lowest BCUT2D eigenvalue weighted by atomic mass is 9.88. The van der Waals surface area contributed by atoms with Gasteiger partial charge in [-0.05, 0) is 48.9 Å². The summed E-state index contributed by atoms with van der Waals surface area (Å²) in [7, 11) is -3.17. The molecule has 0 spiro atoms. The number of nitrogens with two attached hydrogens (primary N) is 1. The number of piperidine rings is 1.